The summed E-state index contributed by atoms with van der Waals surface area (Å²) >= 11 is 5.99. The zero-order chi connectivity index (χ0) is 20.9. The monoisotopic (exact) mass is 423 g/mol. The van der Waals surface area contributed by atoms with Crippen molar-refractivity contribution in [1.29, 1.82) is 0 Å². The van der Waals surface area contributed by atoms with Crippen LogP contribution in [-0.4, -0.2) is 38.3 Å². The van der Waals surface area contributed by atoms with Gasteiger partial charge in [0.2, 0.25) is 15.9 Å². The topological polar surface area (TPSA) is 78.5 Å². The molecule has 0 aliphatic heterocycles. The van der Waals surface area contributed by atoms with E-state index in [0.29, 0.717) is 23.8 Å². The van der Waals surface area contributed by atoms with Gasteiger partial charge in [-0.3, -0.25) is 4.79 Å². The molecule has 6 nitrogen and oxygen atoms in total. The van der Waals surface area contributed by atoms with Crippen molar-refractivity contribution in [2.45, 2.75) is 32.6 Å². The third-order valence-corrected chi connectivity index (χ3v) is 6.75. The van der Waals surface area contributed by atoms with E-state index in [1.165, 1.54) is 10.4 Å². The molecule has 1 amide bonds. The average molecular weight is 424 g/mol. The van der Waals surface area contributed by atoms with Gasteiger partial charge < -0.3 is 10.6 Å². The quantitative estimate of drug-likeness (QED) is 0.671. The lowest BCUT2D eigenvalue weighted by Gasteiger charge is -2.19. The van der Waals surface area contributed by atoms with Crippen LogP contribution in [0.25, 0.3) is 0 Å². The highest BCUT2D eigenvalue weighted by atomic mass is 35.5. The first-order chi connectivity index (χ1) is 13.2. The number of rotatable bonds is 8. The Balaban J connectivity index is 2.15. The Bertz CT molecular complexity index is 957. The van der Waals surface area contributed by atoms with Crippen LogP contribution >= 0.6 is 11.6 Å². The summed E-state index contributed by atoms with van der Waals surface area (Å²) in [6, 6.07) is 10.2. The molecule has 8 heteroatoms. The van der Waals surface area contributed by atoms with Crippen LogP contribution in [0.3, 0.4) is 0 Å². The number of nitrogens with zero attached hydrogens (tertiary/aromatic N) is 1. The number of anilines is 2. The molecule has 2 N–H and O–H groups in total. The average Bonchev–Trinajstić information content (AvgIpc) is 2.65. The molecule has 0 unspecified atom stereocenters. The Morgan fingerprint density at radius 1 is 1.00 bits per heavy atom. The van der Waals surface area contributed by atoms with Gasteiger partial charge in [0.1, 0.15) is 0 Å². The number of amides is 1. The standard InChI is InChI=1S/C20H26ClN3O3S/c1-5-24(6-2)28(26,27)17-10-8-15(4)19(12-17)23-20(25)13-22-18-11-16(21)9-7-14(18)3/h7-12,22H,5-6,13H2,1-4H3,(H,23,25). The first-order valence-electron chi connectivity index (χ1n) is 9.09. The smallest absolute Gasteiger partial charge is 0.243 e. The number of halogens is 1. The van der Waals surface area contributed by atoms with Crippen molar-refractivity contribution in [3.63, 3.8) is 0 Å². The molecule has 0 spiro atoms. The molecule has 28 heavy (non-hydrogen) atoms. The molecule has 0 aliphatic carbocycles. The summed E-state index contributed by atoms with van der Waals surface area (Å²) in [5, 5.41) is 6.42. The zero-order valence-electron chi connectivity index (χ0n) is 16.5. The molecule has 0 bridgehead atoms. The van der Waals surface area contributed by atoms with Gasteiger partial charge in [0.25, 0.3) is 0 Å². The van der Waals surface area contributed by atoms with Gasteiger partial charge >= 0.3 is 0 Å². The van der Waals surface area contributed by atoms with Crippen LogP contribution in [0.15, 0.2) is 41.3 Å². The number of carbonyl (C=O) groups excluding carboxylic acids is 1. The maximum atomic E-state index is 12.7. The van der Waals surface area contributed by atoms with Crippen molar-refractivity contribution in [1.82, 2.24) is 4.31 Å². The molecule has 0 radical (unpaired) electrons. The highest BCUT2D eigenvalue weighted by molar-refractivity contribution is 7.89. The van der Waals surface area contributed by atoms with Crippen molar-refractivity contribution < 1.29 is 13.2 Å². The van der Waals surface area contributed by atoms with Gasteiger partial charge in [0.05, 0.1) is 11.4 Å². The Hall–Kier alpha value is -2.09. The van der Waals surface area contributed by atoms with Gasteiger partial charge in [-0.2, -0.15) is 4.31 Å². The van der Waals surface area contributed by atoms with Gasteiger partial charge in [0.15, 0.2) is 0 Å². The molecule has 0 aliphatic rings. The second-order valence-electron chi connectivity index (χ2n) is 6.43. The largest absolute Gasteiger partial charge is 0.376 e. The molecule has 0 saturated carbocycles. The number of benzene rings is 2. The Morgan fingerprint density at radius 3 is 2.25 bits per heavy atom. The normalized spacial score (nSPS) is 11.5. The molecule has 0 aromatic heterocycles. The number of carbonyl (C=O) groups is 1. The van der Waals surface area contributed by atoms with Gasteiger partial charge in [0, 0.05) is 29.5 Å². The van der Waals surface area contributed by atoms with E-state index in [0.717, 1.165) is 16.8 Å². The second kappa shape index (κ2) is 9.41. The number of sulfonamides is 1. The fraction of sp³-hybridized carbons (Fsp3) is 0.350. The summed E-state index contributed by atoms with van der Waals surface area (Å²) in [7, 11) is -3.59. The fourth-order valence-electron chi connectivity index (χ4n) is 2.76. The van der Waals surface area contributed by atoms with Gasteiger partial charge in [-0.15, -0.1) is 0 Å². The molecule has 2 aromatic rings. The first kappa shape index (κ1) is 22.2. The minimum Gasteiger partial charge on any atom is -0.376 e. The minimum absolute atomic E-state index is 0.0354. The van der Waals surface area contributed by atoms with Crippen molar-refractivity contribution in [3.05, 3.63) is 52.5 Å². The molecular weight excluding hydrogens is 398 g/mol. The van der Waals surface area contributed by atoms with E-state index in [2.05, 4.69) is 10.6 Å². The van der Waals surface area contributed by atoms with E-state index < -0.39 is 10.0 Å². The van der Waals surface area contributed by atoms with Crippen molar-refractivity contribution in [3.8, 4) is 0 Å². The molecule has 0 saturated heterocycles. The van der Waals surface area contributed by atoms with E-state index in [9.17, 15) is 13.2 Å². The van der Waals surface area contributed by atoms with Crippen LogP contribution in [0.1, 0.15) is 25.0 Å². The lowest BCUT2D eigenvalue weighted by molar-refractivity contribution is -0.114. The number of hydrogen-bond donors (Lipinski definition) is 2. The van der Waals surface area contributed by atoms with E-state index in [4.69, 9.17) is 11.6 Å². The molecule has 2 aromatic carbocycles. The van der Waals surface area contributed by atoms with Gasteiger partial charge in [-0.25, -0.2) is 8.42 Å². The van der Waals surface area contributed by atoms with Gasteiger partial charge in [-0.1, -0.05) is 37.6 Å². The maximum absolute atomic E-state index is 12.7. The van der Waals surface area contributed by atoms with Crippen LogP contribution in [0.2, 0.25) is 5.02 Å². The SMILES string of the molecule is CCN(CC)S(=O)(=O)c1ccc(C)c(NC(=O)CNc2cc(Cl)ccc2C)c1. The molecule has 0 fully saturated rings. The van der Waals surface area contributed by atoms with Crippen molar-refractivity contribution in [2.75, 3.05) is 30.3 Å². The van der Waals surface area contributed by atoms with Crippen LogP contribution < -0.4 is 10.6 Å². The van der Waals surface area contributed by atoms with E-state index in [1.807, 2.05) is 19.9 Å². The summed E-state index contributed by atoms with van der Waals surface area (Å²) in [6.07, 6.45) is 0. The lowest BCUT2D eigenvalue weighted by Crippen LogP contribution is -2.30. The van der Waals surface area contributed by atoms with Crippen LogP contribution in [0.5, 0.6) is 0 Å². The number of hydrogen-bond acceptors (Lipinski definition) is 4. The summed E-state index contributed by atoms with van der Waals surface area (Å²) in [5.41, 5.74) is 3.01. The zero-order valence-corrected chi connectivity index (χ0v) is 18.1. The Morgan fingerprint density at radius 2 is 1.61 bits per heavy atom. The Kier molecular flexibility index (Phi) is 7.46. The minimum atomic E-state index is -3.59. The molecular formula is C20H26ClN3O3S. The Labute approximate surface area is 171 Å². The van der Waals surface area contributed by atoms with Crippen LogP contribution in [0.4, 0.5) is 11.4 Å². The van der Waals surface area contributed by atoms with E-state index in [1.54, 1.807) is 38.1 Å². The summed E-state index contributed by atoms with van der Waals surface area (Å²) in [6.45, 7) is 8.13. The molecule has 0 heterocycles. The number of aryl methyl sites for hydroxylation is 2. The van der Waals surface area contributed by atoms with E-state index in [-0.39, 0.29) is 17.3 Å². The summed E-state index contributed by atoms with van der Waals surface area (Å²) in [4.78, 5) is 12.5. The fourth-order valence-corrected chi connectivity index (χ4v) is 4.42. The summed E-state index contributed by atoms with van der Waals surface area (Å²) < 4.78 is 26.8. The van der Waals surface area contributed by atoms with Crippen molar-refractivity contribution in [2.24, 2.45) is 0 Å². The predicted octanol–water partition coefficient (Wildman–Crippen LogP) is 4.04. The molecule has 152 valence electrons. The molecule has 2 rings (SSSR count). The van der Waals surface area contributed by atoms with Crippen molar-refractivity contribution >= 4 is 38.9 Å². The summed E-state index contributed by atoms with van der Waals surface area (Å²) in [5.74, 6) is -0.278. The van der Waals surface area contributed by atoms with Crippen LogP contribution in [-0.2, 0) is 14.8 Å². The third-order valence-electron chi connectivity index (χ3n) is 4.47. The highest BCUT2D eigenvalue weighted by Crippen LogP contribution is 2.23. The first-order valence-corrected chi connectivity index (χ1v) is 10.9. The predicted molar refractivity (Wildman–Crippen MR) is 115 cm³/mol. The molecule has 0 atom stereocenters. The number of nitrogens with one attached hydrogen (secondary N) is 2. The highest BCUT2D eigenvalue weighted by Gasteiger charge is 2.22. The lowest BCUT2D eigenvalue weighted by atomic mass is 10.2. The maximum Gasteiger partial charge on any atom is 0.243 e. The van der Waals surface area contributed by atoms with Crippen LogP contribution in [0, 0.1) is 13.8 Å². The van der Waals surface area contributed by atoms with E-state index >= 15 is 0 Å². The second-order valence-corrected chi connectivity index (χ2v) is 8.80. The third kappa shape index (κ3) is 5.25. The van der Waals surface area contributed by atoms with Gasteiger partial charge in [-0.05, 0) is 49.2 Å².